The van der Waals surface area contributed by atoms with Crippen LogP contribution in [0.4, 0.5) is 47.3 Å². The van der Waals surface area contributed by atoms with Crippen LogP contribution in [-0.2, 0) is 0 Å². The standard InChI is InChI=1S/C21H17F2N3S.C21H18FN3S/c22-16-6-10-19(11-7-16)25-14-24(18-4-2-1-3-5-18)15-26(21(25)27)20-12-8-17(23)9-13-20;22-17-11-13-18(14-12-17)23-15-24(19-7-3-1-4-8-19)21(26)25(16-23)20-9-5-2-6-10-20/h1-13H,14-15H2;1-14H,15-16H2. The van der Waals surface area contributed by atoms with E-state index in [1.165, 1.54) is 36.4 Å². The molecule has 0 aromatic heterocycles. The lowest BCUT2D eigenvalue weighted by Gasteiger charge is -2.45. The second kappa shape index (κ2) is 16.2. The van der Waals surface area contributed by atoms with Gasteiger partial charge in [-0.2, -0.15) is 0 Å². The Morgan fingerprint density at radius 3 is 0.830 bits per heavy atom. The van der Waals surface area contributed by atoms with Crippen molar-refractivity contribution < 1.29 is 13.2 Å². The maximum atomic E-state index is 13.4. The first-order chi connectivity index (χ1) is 25.8. The highest BCUT2D eigenvalue weighted by Crippen LogP contribution is 2.30. The van der Waals surface area contributed by atoms with Gasteiger partial charge in [0.2, 0.25) is 0 Å². The molecule has 0 saturated carbocycles. The van der Waals surface area contributed by atoms with Crippen molar-refractivity contribution in [2.75, 3.05) is 56.1 Å². The molecule has 2 aliphatic rings. The van der Waals surface area contributed by atoms with E-state index in [4.69, 9.17) is 24.4 Å². The summed E-state index contributed by atoms with van der Waals surface area (Å²) in [6.45, 7) is 2.29. The smallest absolute Gasteiger partial charge is 0.183 e. The van der Waals surface area contributed by atoms with Gasteiger partial charge in [0.15, 0.2) is 10.2 Å². The molecule has 53 heavy (non-hydrogen) atoms. The second-order valence-corrected chi connectivity index (χ2v) is 13.1. The number of hydrogen-bond donors (Lipinski definition) is 0. The van der Waals surface area contributed by atoms with Gasteiger partial charge in [-0.15, -0.1) is 0 Å². The van der Waals surface area contributed by atoms with E-state index < -0.39 is 0 Å². The third kappa shape index (κ3) is 8.27. The summed E-state index contributed by atoms with van der Waals surface area (Å²) in [5.41, 5.74) is 5.66. The third-order valence-corrected chi connectivity index (χ3v) is 9.78. The molecule has 0 bridgehead atoms. The minimum Gasteiger partial charge on any atom is -0.335 e. The van der Waals surface area contributed by atoms with Gasteiger partial charge in [0, 0.05) is 34.1 Å². The van der Waals surface area contributed by atoms with Crippen molar-refractivity contribution >= 4 is 68.8 Å². The summed E-state index contributed by atoms with van der Waals surface area (Å²) in [5, 5.41) is 1.33. The van der Waals surface area contributed by atoms with Crippen molar-refractivity contribution in [3.63, 3.8) is 0 Å². The molecule has 2 fully saturated rings. The molecule has 11 heteroatoms. The monoisotopic (exact) mass is 744 g/mol. The average Bonchev–Trinajstić information content (AvgIpc) is 3.20. The van der Waals surface area contributed by atoms with Crippen molar-refractivity contribution in [1.82, 2.24) is 0 Å². The van der Waals surface area contributed by atoms with Gasteiger partial charge in [-0.05, 0) is 134 Å². The first kappa shape index (κ1) is 35.5. The number of rotatable bonds is 6. The number of anilines is 6. The topological polar surface area (TPSA) is 19.4 Å². The van der Waals surface area contributed by atoms with E-state index in [1.54, 1.807) is 36.4 Å². The first-order valence-corrected chi connectivity index (χ1v) is 17.8. The molecular weight excluding hydrogens is 710 g/mol. The Labute approximate surface area is 318 Å². The van der Waals surface area contributed by atoms with Crippen molar-refractivity contribution in [2.45, 2.75) is 0 Å². The highest BCUT2D eigenvalue weighted by Gasteiger charge is 2.31. The number of thiocarbonyl (C=S) groups is 2. The van der Waals surface area contributed by atoms with Gasteiger partial charge in [-0.3, -0.25) is 0 Å². The zero-order chi connectivity index (χ0) is 36.7. The van der Waals surface area contributed by atoms with Crippen LogP contribution < -0.4 is 29.4 Å². The van der Waals surface area contributed by atoms with E-state index in [9.17, 15) is 13.2 Å². The zero-order valence-electron chi connectivity index (χ0n) is 28.6. The van der Waals surface area contributed by atoms with Gasteiger partial charge in [0.25, 0.3) is 0 Å². The zero-order valence-corrected chi connectivity index (χ0v) is 30.2. The molecule has 8 rings (SSSR count). The van der Waals surface area contributed by atoms with Crippen LogP contribution in [0.2, 0.25) is 0 Å². The Bertz CT molecular complexity index is 2020. The number of benzene rings is 6. The van der Waals surface area contributed by atoms with Crippen molar-refractivity contribution in [2.24, 2.45) is 0 Å². The van der Waals surface area contributed by atoms with Gasteiger partial charge in [0.1, 0.15) is 17.5 Å². The molecule has 2 aliphatic heterocycles. The van der Waals surface area contributed by atoms with E-state index in [0.717, 1.165) is 39.2 Å². The first-order valence-electron chi connectivity index (χ1n) is 16.9. The van der Waals surface area contributed by atoms with Crippen LogP contribution in [0, 0.1) is 17.5 Å². The van der Waals surface area contributed by atoms with Gasteiger partial charge >= 0.3 is 0 Å². The van der Waals surface area contributed by atoms with Crippen molar-refractivity contribution in [1.29, 1.82) is 0 Å². The Balaban J connectivity index is 0.000000164. The van der Waals surface area contributed by atoms with E-state index >= 15 is 0 Å². The van der Waals surface area contributed by atoms with E-state index in [1.807, 2.05) is 101 Å². The summed E-state index contributed by atoms with van der Waals surface area (Å²) in [4.78, 5) is 12.4. The van der Waals surface area contributed by atoms with Crippen LogP contribution in [0.1, 0.15) is 0 Å². The molecule has 6 nitrogen and oxygen atoms in total. The lowest BCUT2D eigenvalue weighted by atomic mass is 10.2. The fourth-order valence-electron chi connectivity index (χ4n) is 6.15. The van der Waals surface area contributed by atoms with Gasteiger partial charge in [-0.1, -0.05) is 54.6 Å². The van der Waals surface area contributed by atoms with E-state index in [2.05, 4.69) is 19.6 Å². The van der Waals surface area contributed by atoms with Crippen LogP contribution in [0.5, 0.6) is 0 Å². The van der Waals surface area contributed by atoms with Crippen LogP contribution >= 0.6 is 24.4 Å². The molecule has 0 unspecified atom stereocenters. The van der Waals surface area contributed by atoms with Crippen molar-refractivity contribution in [3.8, 4) is 0 Å². The summed E-state index contributed by atoms with van der Waals surface area (Å²) < 4.78 is 40.1. The lowest BCUT2D eigenvalue weighted by molar-refractivity contribution is 0.626. The molecule has 0 spiro atoms. The summed E-state index contributed by atoms with van der Waals surface area (Å²) in [7, 11) is 0. The highest BCUT2D eigenvalue weighted by atomic mass is 32.1. The molecule has 0 aliphatic carbocycles. The fraction of sp³-hybridized carbons (Fsp3) is 0.0952. The SMILES string of the molecule is Fc1ccc(N2CN(c3ccccc3)C(=S)N(c3ccccc3)C2)cc1.Fc1ccc(N2CN(c3ccccc3)CN(c3ccc(F)cc3)C2=S)cc1. The predicted molar refractivity (Wildman–Crippen MR) is 218 cm³/mol. The van der Waals surface area contributed by atoms with Crippen molar-refractivity contribution in [3.05, 3.63) is 181 Å². The molecule has 2 heterocycles. The Kier molecular flexibility index (Phi) is 10.8. The molecule has 0 N–H and O–H groups in total. The number of halogens is 3. The molecule has 0 radical (unpaired) electrons. The van der Waals surface area contributed by atoms with Crippen LogP contribution in [0.15, 0.2) is 164 Å². The minimum atomic E-state index is -0.294. The van der Waals surface area contributed by atoms with Crippen LogP contribution in [0.3, 0.4) is 0 Å². The highest BCUT2D eigenvalue weighted by molar-refractivity contribution is 7.81. The molecular formula is C42H35F3N6S2. The quantitative estimate of drug-likeness (QED) is 0.155. The molecule has 0 atom stereocenters. The van der Waals surface area contributed by atoms with Gasteiger partial charge in [0.05, 0.1) is 26.7 Å². The Morgan fingerprint density at radius 2 is 0.528 bits per heavy atom. The summed E-state index contributed by atoms with van der Waals surface area (Å²) in [6, 6.07) is 49.2. The predicted octanol–water partition coefficient (Wildman–Crippen LogP) is 9.86. The fourth-order valence-corrected chi connectivity index (χ4v) is 6.80. The summed E-state index contributed by atoms with van der Waals surface area (Å²) in [6.07, 6.45) is 0. The number of hydrogen-bond acceptors (Lipinski definition) is 4. The maximum Gasteiger partial charge on any atom is 0.183 e. The molecule has 6 aromatic rings. The van der Waals surface area contributed by atoms with Crippen LogP contribution in [0.25, 0.3) is 0 Å². The summed E-state index contributed by atoms with van der Waals surface area (Å²) >= 11 is 11.5. The summed E-state index contributed by atoms with van der Waals surface area (Å²) in [5.74, 6) is -0.824. The second-order valence-electron chi connectivity index (χ2n) is 12.4. The Hall–Kier alpha value is -5.91. The molecule has 266 valence electrons. The maximum absolute atomic E-state index is 13.4. The van der Waals surface area contributed by atoms with E-state index in [0.29, 0.717) is 31.8 Å². The number of para-hydroxylation sites is 3. The third-order valence-electron chi connectivity index (χ3n) is 8.90. The van der Waals surface area contributed by atoms with Gasteiger partial charge in [-0.25, -0.2) is 13.2 Å². The minimum absolute atomic E-state index is 0.235. The molecule has 2 saturated heterocycles. The molecule has 0 amide bonds. The Morgan fingerprint density at radius 1 is 0.302 bits per heavy atom. The molecule has 6 aromatic carbocycles. The normalized spacial score (nSPS) is 14.6. The van der Waals surface area contributed by atoms with Gasteiger partial charge < -0.3 is 29.4 Å². The largest absolute Gasteiger partial charge is 0.335 e. The lowest BCUT2D eigenvalue weighted by Crippen LogP contribution is -2.58. The average molecular weight is 745 g/mol. The van der Waals surface area contributed by atoms with Crippen LogP contribution in [-0.4, -0.2) is 36.9 Å². The van der Waals surface area contributed by atoms with E-state index in [-0.39, 0.29) is 17.5 Å². The number of nitrogens with zero attached hydrogens (tertiary/aromatic N) is 6.